The smallest absolute Gasteiger partial charge is 0.232 e. The first-order valence-corrected chi connectivity index (χ1v) is 7.70. The van der Waals surface area contributed by atoms with Crippen LogP contribution in [0.5, 0.6) is 0 Å². The highest BCUT2D eigenvalue weighted by atomic mass is 79.9. The van der Waals surface area contributed by atoms with Gasteiger partial charge in [-0.3, -0.25) is 4.79 Å². The predicted molar refractivity (Wildman–Crippen MR) is 79.2 cm³/mol. The van der Waals surface area contributed by atoms with Gasteiger partial charge in [-0.15, -0.1) is 0 Å². The van der Waals surface area contributed by atoms with E-state index in [1.54, 1.807) is 6.20 Å². The summed E-state index contributed by atoms with van der Waals surface area (Å²) in [7, 11) is 0. The summed E-state index contributed by atoms with van der Waals surface area (Å²) in [5.41, 5.74) is 0.518. The third-order valence-corrected chi connectivity index (χ3v) is 4.67. The molecule has 1 spiro atoms. The van der Waals surface area contributed by atoms with E-state index < -0.39 is 0 Å². The first kappa shape index (κ1) is 12.9. The molecule has 0 saturated heterocycles. The van der Waals surface area contributed by atoms with E-state index in [2.05, 4.69) is 31.5 Å². The van der Waals surface area contributed by atoms with Gasteiger partial charge in [-0.2, -0.15) is 0 Å². The number of carbonyl (C=O) groups excluding carboxylic acids is 1. The molecule has 1 amide bonds. The highest BCUT2D eigenvalue weighted by Crippen LogP contribution is 2.39. The van der Waals surface area contributed by atoms with Crippen molar-refractivity contribution in [1.82, 2.24) is 4.98 Å². The van der Waals surface area contributed by atoms with Gasteiger partial charge in [0.15, 0.2) is 0 Å². The van der Waals surface area contributed by atoms with Gasteiger partial charge in [0.1, 0.15) is 5.82 Å². The van der Waals surface area contributed by atoms with Crippen molar-refractivity contribution in [1.29, 1.82) is 0 Å². The highest BCUT2D eigenvalue weighted by molar-refractivity contribution is 9.10. The summed E-state index contributed by atoms with van der Waals surface area (Å²) >= 11 is 3.39. The Bertz CT molecular complexity index is 495. The van der Waals surface area contributed by atoms with Crippen LogP contribution in [0, 0.1) is 5.41 Å². The number of hydrogen-bond donors (Lipinski definition) is 2. The van der Waals surface area contributed by atoms with Crippen LogP contribution in [-0.4, -0.2) is 17.4 Å². The lowest BCUT2D eigenvalue weighted by atomic mass is 9.79. The van der Waals surface area contributed by atoms with Crippen molar-refractivity contribution in [2.75, 3.05) is 17.2 Å². The molecule has 3 rings (SSSR count). The van der Waals surface area contributed by atoms with Crippen molar-refractivity contribution >= 4 is 33.3 Å². The molecule has 4 nitrogen and oxygen atoms in total. The Labute approximate surface area is 121 Å². The average Bonchev–Trinajstić information content (AvgIpc) is 2.70. The quantitative estimate of drug-likeness (QED) is 0.767. The third kappa shape index (κ3) is 2.48. The van der Waals surface area contributed by atoms with Crippen LogP contribution in [0.4, 0.5) is 11.5 Å². The average molecular weight is 324 g/mol. The summed E-state index contributed by atoms with van der Waals surface area (Å²) in [6.07, 6.45) is 8.47. The predicted octanol–water partition coefficient (Wildman–Crippen LogP) is 3.55. The van der Waals surface area contributed by atoms with Gasteiger partial charge in [-0.1, -0.05) is 25.7 Å². The topological polar surface area (TPSA) is 54.0 Å². The Morgan fingerprint density at radius 1 is 1.21 bits per heavy atom. The minimum Gasteiger partial charge on any atom is -0.367 e. The molecule has 1 aliphatic heterocycles. The number of fused-ring (bicyclic) bond motifs is 1. The first-order valence-electron chi connectivity index (χ1n) is 6.91. The monoisotopic (exact) mass is 323 g/mol. The van der Waals surface area contributed by atoms with Crippen molar-refractivity contribution in [3.63, 3.8) is 0 Å². The van der Waals surface area contributed by atoms with E-state index in [4.69, 9.17) is 0 Å². The second-order valence-electron chi connectivity index (χ2n) is 5.55. The second kappa shape index (κ2) is 5.12. The van der Waals surface area contributed by atoms with Gasteiger partial charge in [0.2, 0.25) is 5.91 Å². The van der Waals surface area contributed by atoms with Crippen LogP contribution in [0.3, 0.4) is 0 Å². The van der Waals surface area contributed by atoms with Crippen molar-refractivity contribution in [2.24, 2.45) is 5.41 Å². The minimum atomic E-state index is -0.260. The van der Waals surface area contributed by atoms with Crippen LogP contribution >= 0.6 is 15.9 Å². The van der Waals surface area contributed by atoms with Crippen molar-refractivity contribution in [3.8, 4) is 0 Å². The van der Waals surface area contributed by atoms with Crippen LogP contribution in [0.2, 0.25) is 0 Å². The number of aromatic nitrogens is 1. The zero-order valence-electron chi connectivity index (χ0n) is 10.8. The molecule has 1 aliphatic carbocycles. The third-order valence-electron chi connectivity index (χ3n) is 4.24. The van der Waals surface area contributed by atoms with E-state index >= 15 is 0 Å². The number of nitrogens with one attached hydrogen (secondary N) is 2. The van der Waals surface area contributed by atoms with E-state index in [0.29, 0.717) is 6.54 Å². The lowest BCUT2D eigenvalue weighted by Crippen LogP contribution is -2.39. The molecule has 2 N–H and O–H groups in total. The molecule has 0 atom stereocenters. The molecule has 1 aromatic heterocycles. The minimum absolute atomic E-state index is 0.153. The molecule has 0 bridgehead atoms. The lowest BCUT2D eigenvalue weighted by Gasteiger charge is -2.29. The molecular formula is C14H18BrN3O. The fraction of sp³-hybridized carbons (Fsp3) is 0.571. The molecule has 102 valence electrons. The standard InChI is InChI=1S/C14H18BrN3O/c15-10-7-11-12(16-8-10)17-9-14(13(19)18-11)5-3-1-2-4-6-14/h7-8H,1-6,9H2,(H,16,17)(H,18,19). The Balaban J connectivity index is 1.91. The fourth-order valence-corrected chi connectivity index (χ4v) is 3.40. The van der Waals surface area contributed by atoms with Crippen LogP contribution < -0.4 is 10.6 Å². The van der Waals surface area contributed by atoms with E-state index in [1.165, 1.54) is 12.8 Å². The fourth-order valence-electron chi connectivity index (χ4n) is 3.07. The Morgan fingerprint density at radius 3 is 2.68 bits per heavy atom. The summed E-state index contributed by atoms with van der Waals surface area (Å²) in [6.45, 7) is 0.695. The zero-order valence-corrected chi connectivity index (χ0v) is 12.4. The number of carbonyl (C=O) groups is 1. The largest absolute Gasteiger partial charge is 0.367 e. The molecule has 0 aromatic carbocycles. The van der Waals surface area contributed by atoms with E-state index in [9.17, 15) is 4.79 Å². The number of anilines is 2. The Kier molecular flexibility index (Phi) is 3.48. The first-order chi connectivity index (χ1) is 9.20. The van der Waals surface area contributed by atoms with Crippen LogP contribution in [0.25, 0.3) is 0 Å². The number of amides is 1. The molecule has 1 saturated carbocycles. The molecule has 5 heteroatoms. The maximum Gasteiger partial charge on any atom is 0.232 e. The van der Waals surface area contributed by atoms with Crippen molar-refractivity contribution < 1.29 is 4.79 Å². The zero-order chi connectivity index (χ0) is 13.3. The second-order valence-corrected chi connectivity index (χ2v) is 6.47. The van der Waals surface area contributed by atoms with Gasteiger partial charge in [-0.05, 0) is 34.8 Å². The van der Waals surface area contributed by atoms with Crippen molar-refractivity contribution in [2.45, 2.75) is 38.5 Å². The van der Waals surface area contributed by atoms with Gasteiger partial charge in [0.25, 0.3) is 0 Å². The van der Waals surface area contributed by atoms with E-state index in [0.717, 1.165) is 41.7 Å². The highest BCUT2D eigenvalue weighted by Gasteiger charge is 2.40. The molecule has 1 aromatic rings. The van der Waals surface area contributed by atoms with Gasteiger partial charge in [0.05, 0.1) is 11.1 Å². The summed E-state index contributed by atoms with van der Waals surface area (Å²) in [5, 5.41) is 6.41. The maximum absolute atomic E-state index is 12.6. The number of hydrogen-bond acceptors (Lipinski definition) is 3. The Hall–Kier alpha value is -1.10. The van der Waals surface area contributed by atoms with Crippen LogP contribution in [0.15, 0.2) is 16.7 Å². The molecule has 2 heterocycles. The molecule has 19 heavy (non-hydrogen) atoms. The normalized spacial score (nSPS) is 21.8. The van der Waals surface area contributed by atoms with Gasteiger partial charge >= 0.3 is 0 Å². The van der Waals surface area contributed by atoms with Gasteiger partial charge in [-0.25, -0.2) is 4.98 Å². The van der Waals surface area contributed by atoms with Gasteiger partial charge in [0, 0.05) is 17.2 Å². The molecular weight excluding hydrogens is 306 g/mol. The maximum atomic E-state index is 12.6. The summed E-state index contributed by atoms with van der Waals surface area (Å²) in [4.78, 5) is 17.0. The summed E-state index contributed by atoms with van der Waals surface area (Å²) < 4.78 is 0.880. The molecule has 2 aliphatic rings. The van der Waals surface area contributed by atoms with Gasteiger partial charge < -0.3 is 10.6 Å². The molecule has 0 radical (unpaired) electrons. The van der Waals surface area contributed by atoms with Crippen molar-refractivity contribution in [3.05, 3.63) is 16.7 Å². The number of nitrogens with zero attached hydrogens (tertiary/aromatic N) is 1. The van der Waals surface area contributed by atoms with Crippen LogP contribution in [0.1, 0.15) is 38.5 Å². The SMILES string of the molecule is O=C1Nc2cc(Br)cnc2NCC12CCCCCC2. The molecule has 0 unspecified atom stereocenters. The number of rotatable bonds is 0. The van der Waals surface area contributed by atoms with E-state index in [1.807, 2.05) is 6.07 Å². The Morgan fingerprint density at radius 2 is 1.95 bits per heavy atom. The lowest BCUT2D eigenvalue weighted by molar-refractivity contribution is -0.125. The van der Waals surface area contributed by atoms with Crippen LogP contribution in [-0.2, 0) is 4.79 Å². The summed E-state index contributed by atoms with van der Waals surface area (Å²) in [6, 6.07) is 1.91. The number of halogens is 1. The van der Waals surface area contributed by atoms with E-state index in [-0.39, 0.29) is 11.3 Å². The number of pyridine rings is 1. The molecule has 1 fully saturated rings. The summed E-state index contributed by atoms with van der Waals surface area (Å²) in [5.74, 6) is 0.929.